The van der Waals surface area contributed by atoms with Crippen molar-refractivity contribution in [1.82, 2.24) is 0 Å². The van der Waals surface area contributed by atoms with Gasteiger partial charge in [0.1, 0.15) is 5.75 Å². The van der Waals surface area contributed by atoms with Gasteiger partial charge in [-0.1, -0.05) is 43.0 Å². The van der Waals surface area contributed by atoms with Crippen LogP contribution in [0.2, 0.25) is 0 Å². The zero-order chi connectivity index (χ0) is 15.0. The molecule has 21 heavy (non-hydrogen) atoms. The van der Waals surface area contributed by atoms with Crippen LogP contribution in [0.25, 0.3) is 0 Å². The van der Waals surface area contributed by atoms with Crippen LogP contribution in [0.3, 0.4) is 0 Å². The quantitative estimate of drug-likeness (QED) is 0.410. The average molecular weight is 278 g/mol. The van der Waals surface area contributed by atoms with Gasteiger partial charge in [-0.15, -0.1) is 0 Å². The molecule has 0 aromatic heterocycles. The molecule has 4 nitrogen and oxygen atoms in total. The number of hydrogen-bond acceptors (Lipinski definition) is 4. The highest BCUT2D eigenvalue weighted by atomic mass is 16.5. The topological polar surface area (TPSA) is 60.4 Å². The summed E-state index contributed by atoms with van der Waals surface area (Å²) in [7, 11) is 0. The van der Waals surface area contributed by atoms with Crippen molar-refractivity contribution in [2.75, 3.05) is 0 Å². The number of hydrogen-bond donors (Lipinski definition) is 0. The molecule has 0 heterocycles. The van der Waals surface area contributed by atoms with Gasteiger partial charge in [0, 0.05) is 22.8 Å². The van der Waals surface area contributed by atoms with Gasteiger partial charge in [-0.2, -0.15) is 0 Å². The molecule has 3 rings (SSSR count). The fourth-order valence-electron chi connectivity index (χ4n) is 2.35. The van der Waals surface area contributed by atoms with Crippen LogP contribution in [0, 0.1) is 0 Å². The summed E-state index contributed by atoms with van der Waals surface area (Å²) >= 11 is 0. The Hall–Kier alpha value is -3.01. The Labute approximate surface area is 120 Å². The van der Waals surface area contributed by atoms with E-state index in [0.29, 0.717) is 11.1 Å². The summed E-state index contributed by atoms with van der Waals surface area (Å²) in [5.74, 6) is -1.18. The van der Waals surface area contributed by atoms with Crippen LogP contribution in [0.15, 0.2) is 55.1 Å². The van der Waals surface area contributed by atoms with Gasteiger partial charge in [-0.3, -0.25) is 9.59 Å². The molecule has 0 atom stereocenters. The van der Waals surface area contributed by atoms with Crippen molar-refractivity contribution in [3.63, 3.8) is 0 Å². The van der Waals surface area contributed by atoms with E-state index in [0.717, 1.165) is 6.08 Å². The summed E-state index contributed by atoms with van der Waals surface area (Å²) in [6.45, 7) is 3.31. The fourth-order valence-corrected chi connectivity index (χ4v) is 2.35. The Morgan fingerprint density at radius 3 is 2.19 bits per heavy atom. The van der Waals surface area contributed by atoms with Crippen LogP contribution in [0.1, 0.15) is 31.8 Å². The zero-order valence-corrected chi connectivity index (χ0v) is 11.0. The average Bonchev–Trinajstić information content (AvgIpc) is 2.52. The minimum Gasteiger partial charge on any atom is -0.423 e. The van der Waals surface area contributed by atoms with Crippen molar-refractivity contribution in [1.29, 1.82) is 0 Å². The van der Waals surface area contributed by atoms with Crippen LogP contribution in [-0.4, -0.2) is 17.5 Å². The lowest BCUT2D eigenvalue weighted by Gasteiger charge is -2.19. The first kappa shape index (κ1) is 13.0. The summed E-state index contributed by atoms with van der Waals surface area (Å²) in [4.78, 5) is 36.4. The molecule has 0 spiro atoms. The summed E-state index contributed by atoms with van der Waals surface area (Å²) in [5.41, 5.74) is 1.05. The van der Waals surface area contributed by atoms with Crippen molar-refractivity contribution >= 4 is 17.5 Å². The van der Waals surface area contributed by atoms with E-state index in [1.54, 1.807) is 36.4 Å². The van der Waals surface area contributed by atoms with Gasteiger partial charge < -0.3 is 4.74 Å². The molecule has 0 N–H and O–H groups in total. The number of ether oxygens (including phenoxy) is 1. The van der Waals surface area contributed by atoms with Gasteiger partial charge >= 0.3 is 5.97 Å². The van der Waals surface area contributed by atoms with Gasteiger partial charge in [0.15, 0.2) is 11.6 Å². The predicted molar refractivity (Wildman–Crippen MR) is 75.6 cm³/mol. The number of fused-ring (bicyclic) bond motifs is 2. The number of esters is 1. The molecular weight excluding hydrogens is 268 g/mol. The van der Waals surface area contributed by atoms with Gasteiger partial charge in [-0.25, -0.2) is 4.79 Å². The minimum atomic E-state index is -0.678. The van der Waals surface area contributed by atoms with Crippen molar-refractivity contribution in [3.05, 3.63) is 77.4 Å². The van der Waals surface area contributed by atoms with E-state index < -0.39 is 5.97 Å². The summed E-state index contributed by atoms with van der Waals surface area (Å²) in [6, 6.07) is 11.2. The largest absolute Gasteiger partial charge is 0.423 e. The van der Waals surface area contributed by atoms with Crippen LogP contribution < -0.4 is 4.74 Å². The highest BCUT2D eigenvalue weighted by Crippen LogP contribution is 2.33. The third-order valence-corrected chi connectivity index (χ3v) is 3.29. The summed E-state index contributed by atoms with van der Waals surface area (Å²) in [5, 5.41) is 0. The maximum absolute atomic E-state index is 12.6. The van der Waals surface area contributed by atoms with Crippen molar-refractivity contribution in [2.24, 2.45) is 0 Å². The van der Waals surface area contributed by atoms with Crippen molar-refractivity contribution in [3.8, 4) is 5.75 Å². The van der Waals surface area contributed by atoms with Crippen molar-refractivity contribution < 1.29 is 19.1 Å². The SMILES string of the molecule is C=CC(=O)Oc1cccc2c1C(=O)c1ccccc1C2=O. The highest BCUT2D eigenvalue weighted by Gasteiger charge is 2.32. The third-order valence-electron chi connectivity index (χ3n) is 3.29. The first-order valence-electron chi connectivity index (χ1n) is 6.29. The first-order valence-corrected chi connectivity index (χ1v) is 6.29. The molecule has 1 aliphatic carbocycles. The van der Waals surface area contributed by atoms with E-state index in [2.05, 4.69) is 6.58 Å². The summed E-state index contributed by atoms with van der Waals surface area (Å²) in [6.07, 6.45) is 1.00. The van der Waals surface area contributed by atoms with Gasteiger partial charge in [-0.05, 0) is 6.07 Å². The molecule has 1 aliphatic rings. The fraction of sp³-hybridized carbons (Fsp3) is 0. The molecule has 0 amide bonds. The third kappa shape index (κ3) is 1.97. The monoisotopic (exact) mass is 278 g/mol. The maximum atomic E-state index is 12.6. The lowest BCUT2D eigenvalue weighted by atomic mass is 9.83. The number of carbonyl (C=O) groups excluding carboxylic acids is 3. The number of ketones is 2. The van der Waals surface area contributed by atoms with Crippen molar-refractivity contribution in [2.45, 2.75) is 0 Å². The minimum absolute atomic E-state index is 0.0743. The Balaban J connectivity index is 2.21. The molecule has 0 saturated carbocycles. The normalized spacial score (nSPS) is 12.4. The summed E-state index contributed by atoms with van der Waals surface area (Å²) < 4.78 is 5.07. The second-order valence-electron chi connectivity index (χ2n) is 4.51. The Kier molecular flexibility index (Phi) is 2.99. The number of rotatable bonds is 2. The van der Waals surface area contributed by atoms with Gasteiger partial charge in [0.05, 0.1) is 5.56 Å². The highest BCUT2D eigenvalue weighted by molar-refractivity contribution is 6.29. The molecular formula is C17H10O4. The second-order valence-corrected chi connectivity index (χ2v) is 4.51. The molecule has 0 radical (unpaired) electrons. The van der Waals surface area contributed by atoms with Crippen LogP contribution in [0.5, 0.6) is 5.75 Å². The number of carbonyl (C=O) groups is 3. The Bertz CT molecular complexity index is 802. The van der Waals surface area contributed by atoms with Gasteiger partial charge in [0.2, 0.25) is 0 Å². The molecule has 0 unspecified atom stereocenters. The zero-order valence-electron chi connectivity index (χ0n) is 11.0. The maximum Gasteiger partial charge on any atom is 0.335 e. The molecule has 2 aromatic rings. The lowest BCUT2D eigenvalue weighted by molar-refractivity contribution is -0.128. The first-order chi connectivity index (χ1) is 10.1. The van der Waals surface area contributed by atoms with Crippen LogP contribution in [0.4, 0.5) is 0 Å². The van der Waals surface area contributed by atoms with E-state index in [9.17, 15) is 14.4 Å². The van der Waals surface area contributed by atoms with Crippen LogP contribution in [-0.2, 0) is 4.79 Å². The molecule has 2 aromatic carbocycles. The van der Waals surface area contributed by atoms with E-state index in [4.69, 9.17) is 4.74 Å². The Morgan fingerprint density at radius 1 is 0.905 bits per heavy atom. The van der Waals surface area contributed by atoms with Crippen LogP contribution >= 0.6 is 0 Å². The van der Waals surface area contributed by atoms with Gasteiger partial charge in [0.25, 0.3) is 0 Å². The molecule has 4 heteroatoms. The second kappa shape index (κ2) is 4.83. The molecule has 0 saturated heterocycles. The predicted octanol–water partition coefficient (Wildman–Crippen LogP) is 2.55. The molecule has 102 valence electrons. The van der Waals surface area contributed by atoms with E-state index in [1.807, 2.05) is 0 Å². The molecule has 0 bridgehead atoms. The Morgan fingerprint density at radius 2 is 1.52 bits per heavy atom. The standard InChI is InChI=1S/C17H10O4/c1-2-14(18)21-13-9-5-8-12-15(13)17(20)11-7-4-3-6-10(11)16(12)19/h2-9H,1H2. The van der Waals surface area contributed by atoms with E-state index >= 15 is 0 Å². The molecule has 0 fully saturated rings. The molecule has 0 aliphatic heterocycles. The number of benzene rings is 2. The van der Waals surface area contributed by atoms with E-state index in [-0.39, 0.29) is 28.4 Å². The lowest BCUT2D eigenvalue weighted by Crippen LogP contribution is -2.22. The smallest absolute Gasteiger partial charge is 0.335 e. The van der Waals surface area contributed by atoms with E-state index in [1.165, 1.54) is 6.07 Å².